The largest absolute Gasteiger partial charge is 0.393 e. The van der Waals surface area contributed by atoms with Gasteiger partial charge in [-0.2, -0.15) is 12.7 Å². The van der Waals surface area contributed by atoms with Gasteiger partial charge in [0.15, 0.2) is 0 Å². The molecule has 5 nitrogen and oxygen atoms in total. The van der Waals surface area contributed by atoms with Crippen LogP contribution in [0.25, 0.3) is 0 Å². The number of nitrogens with zero attached hydrogens (tertiary/aromatic N) is 1. The van der Waals surface area contributed by atoms with Crippen LogP contribution in [0.2, 0.25) is 0 Å². The lowest BCUT2D eigenvalue weighted by atomic mass is 9.52. The first-order valence-electron chi connectivity index (χ1n) is 10.2. The lowest BCUT2D eigenvalue weighted by Crippen LogP contribution is -2.48. The molecule has 0 spiro atoms. The van der Waals surface area contributed by atoms with E-state index >= 15 is 0 Å². The van der Waals surface area contributed by atoms with E-state index in [1.165, 1.54) is 25.2 Å². The van der Waals surface area contributed by atoms with Gasteiger partial charge in [0.25, 0.3) is 0 Å². The Balaban J connectivity index is 1.67. The molecule has 0 unspecified atom stereocenters. The van der Waals surface area contributed by atoms with Gasteiger partial charge in [0, 0.05) is 20.0 Å². The van der Waals surface area contributed by atoms with Gasteiger partial charge in [0.2, 0.25) is 0 Å². The molecule has 4 rings (SSSR count). The predicted octanol–water partition coefficient (Wildman–Crippen LogP) is 3.55. The molecule has 0 saturated heterocycles. The van der Waals surface area contributed by atoms with Gasteiger partial charge < -0.3 is 9.29 Å². The first-order chi connectivity index (χ1) is 13.2. The van der Waals surface area contributed by atoms with Crippen LogP contribution in [0.15, 0.2) is 18.2 Å². The van der Waals surface area contributed by atoms with Crippen molar-refractivity contribution in [2.45, 2.75) is 51.0 Å². The second kappa shape index (κ2) is 7.15. The van der Waals surface area contributed by atoms with Crippen molar-refractivity contribution in [3.05, 3.63) is 29.3 Å². The molecule has 1 aromatic rings. The average Bonchev–Trinajstić information content (AvgIpc) is 2.94. The highest BCUT2D eigenvalue weighted by Gasteiger charge is 2.57. The summed E-state index contributed by atoms with van der Waals surface area (Å²) in [5.41, 5.74) is 2.44. The van der Waals surface area contributed by atoms with Crippen molar-refractivity contribution in [2.24, 2.45) is 23.2 Å². The predicted molar refractivity (Wildman–Crippen MR) is 110 cm³/mol. The Kier molecular flexibility index (Phi) is 5.22. The van der Waals surface area contributed by atoms with E-state index in [1.54, 1.807) is 6.07 Å². The van der Waals surface area contributed by atoms with Crippen LogP contribution in [-0.2, 0) is 16.7 Å². The Bertz CT molecular complexity index is 858. The zero-order chi connectivity index (χ0) is 20.3. The monoisotopic (exact) mass is 427 g/mol. The third-order valence-corrected chi connectivity index (χ3v) is 9.31. The first-order valence-corrected chi connectivity index (χ1v) is 12.1. The van der Waals surface area contributed by atoms with E-state index in [0.717, 1.165) is 36.4 Å². The summed E-state index contributed by atoms with van der Waals surface area (Å²) >= 11 is 6.43. The molecule has 6 atom stereocenters. The van der Waals surface area contributed by atoms with Gasteiger partial charge in [0.1, 0.15) is 5.75 Å². The molecular formula is C21H30ClNO4S. The highest BCUT2D eigenvalue weighted by molar-refractivity contribution is 7.84. The minimum absolute atomic E-state index is 0.0267. The van der Waals surface area contributed by atoms with E-state index in [4.69, 9.17) is 15.8 Å². The Labute approximate surface area is 173 Å². The van der Waals surface area contributed by atoms with Crippen molar-refractivity contribution in [2.75, 3.05) is 20.0 Å². The summed E-state index contributed by atoms with van der Waals surface area (Å²) in [6.07, 6.45) is 4.68. The Morgan fingerprint density at radius 2 is 2.04 bits per heavy atom. The second-order valence-corrected chi connectivity index (χ2v) is 11.3. The summed E-state index contributed by atoms with van der Waals surface area (Å²) < 4.78 is 30.4. The maximum Gasteiger partial charge on any atom is 0.384 e. The summed E-state index contributed by atoms with van der Waals surface area (Å²) in [7, 11) is -0.845. The molecule has 1 aromatic carbocycles. The summed E-state index contributed by atoms with van der Waals surface area (Å²) in [5, 5.41) is 10.7. The van der Waals surface area contributed by atoms with Gasteiger partial charge >= 0.3 is 10.3 Å². The van der Waals surface area contributed by atoms with E-state index in [9.17, 15) is 13.5 Å². The van der Waals surface area contributed by atoms with E-state index < -0.39 is 10.3 Å². The lowest BCUT2D eigenvalue weighted by Gasteiger charge is -2.53. The molecule has 2 fully saturated rings. The molecule has 0 amide bonds. The van der Waals surface area contributed by atoms with Crippen LogP contribution in [0.4, 0.5) is 0 Å². The van der Waals surface area contributed by atoms with Crippen LogP contribution in [0.5, 0.6) is 5.75 Å². The van der Waals surface area contributed by atoms with Gasteiger partial charge in [-0.15, -0.1) is 11.6 Å². The molecular weight excluding hydrogens is 398 g/mol. The highest BCUT2D eigenvalue weighted by atomic mass is 35.5. The minimum atomic E-state index is -3.76. The molecule has 28 heavy (non-hydrogen) atoms. The fraction of sp³-hybridized carbons (Fsp3) is 0.714. The van der Waals surface area contributed by atoms with Crippen molar-refractivity contribution < 1.29 is 17.7 Å². The van der Waals surface area contributed by atoms with Crippen molar-refractivity contribution >= 4 is 21.9 Å². The zero-order valence-corrected chi connectivity index (χ0v) is 18.3. The molecule has 1 N–H and O–H groups in total. The third-order valence-electron chi connectivity index (χ3n) is 7.61. The summed E-state index contributed by atoms with van der Waals surface area (Å²) in [6, 6.07) is 5.69. The third kappa shape index (κ3) is 3.17. The molecule has 3 aliphatic carbocycles. The fourth-order valence-corrected chi connectivity index (χ4v) is 7.03. The number of aryl methyl sites for hydroxylation is 1. The quantitative estimate of drug-likeness (QED) is 0.746. The summed E-state index contributed by atoms with van der Waals surface area (Å²) in [6.45, 7) is 2.25. The molecule has 156 valence electrons. The number of fused-ring (bicyclic) bond motifs is 5. The normalized spacial score (nSPS) is 37.3. The number of benzene rings is 1. The Morgan fingerprint density at radius 3 is 2.71 bits per heavy atom. The topological polar surface area (TPSA) is 66.8 Å². The maximum absolute atomic E-state index is 12.0. The average molecular weight is 428 g/mol. The van der Waals surface area contributed by atoms with E-state index in [-0.39, 0.29) is 11.5 Å². The van der Waals surface area contributed by atoms with E-state index in [2.05, 4.69) is 6.92 Å². The number of aliphatic hydroxyl groups is 1. The number of aliphatic hydroxyl groups excluding tert-OH is 1. The minimum Gasteiger partial charge on any atom is -0.393 e. The van der Waals surface area contributed by atoms with Crippen LogP contribution in [0.1, 0.15) is 49.7 Å². The van der Waals surface area contributed by atoms with Crippen LogP contribution < -0.4 is 4.18 Å². The second-order valence-electron chi connectivity index (χ2n) is 9.24. The molecule has 0 bridgehead atoms. The number of hydrogen-bond acceptors (Lipinski definition) is 4. The standard InChI is InChI=1S/C21H30ClNO4S/c1-21-11-14(12-22)20-16-7-5-15(27-28(25,26)23(2)3)10-13(16)4-6-17(20)18(21)8-9-19(21)24/h5,7,10,14,17-20,24H,4,6,8-9,11-12H2,1-3H3/t14-,17+,18+,19+,20-,21+/m1/s1. The van der Waals surface area contributed by atoms with Gasteiger partial charge in [-0.1, -0.05) is 13.0 Å². The van der Waals surface area contributed by atoms with Crippen molar-refractivity contribution in [3.8, 4) is 5.75 Å². The highest BCUT2D eigenvalue weighted by Crippen LogP contribution is 2.63. The van der Waals surface area contributed by atoms with Crippen molar-refractivity contribution in [1.82, 2.24) is 4.31 Å². The maximum atomic E-state index is 12.0. The summed E-state index contributed by atoms with van der Waals surface area (Å²) in [4.78, 5) is 0. The summed E-state index contributed by atoms with van der Waals surface area (Å²) in [5.74, 6) is 2.73. The number of alkyl halides is 1. The molecule has 2 saturated carbocycles. The van der Waals surface area contributed by atoms with E-state index in [0.29, 0.717) is 35.3 Å². The molecule has 7 heteroatoms. The zero-order valence-electron chi connectivity index (χ0n) is 16.8. The Hall–Kier alpha value is -0.820. The van der Waals surface area contributed by atoms with Crippen LogP contribution >= 0.6 is 11.6 Å². The van der Waals surface area contributed by atoms with Gasteiger partial charge in [0.05, 0.1) is 6.10 Å². The van der Waals surface area contributed by atoms with Crippen LogP contribution in [0, 0.1) is 23.2 Å². The van der Waals surface area contributed by atoms with Gasteiger partial charge in [-0.3, -0.25) is 0 Å². The fourth-order valence-electron chi connectivity index (χ4n) is 6.24. The van der Waals surface area contributed by atoms with Gasteiger partial charge in [-0.05, 0) is 84.5 Å². The van der Waals surface area contributed by atoms with Gasteiger partial charge in [-0.25, -0.2) is 0 Å². The number of rotatable bonds is 4. The molecule has 0 aromatic heterocycles. The number of hydrogen-bond donors (Lipinski definition) is 1. The van der Waals surface area contributed by atoms with Crippen molar-refractivity contribution in [3.63, 3.8) is 0 Å². The van der Waals surface area contributed by atoms with Crippen LogP contribution in [0.3, 0.4) is 0 Å². The van der Waals surface area contributed by atoms with Crippen molar-refractivity contribution in [1.29, 1.82) is 0 Å². The number of halogens is 1. The van der Waals surface area contributed by atoms with E-state index in [1.807, 2.05) is 12.1 Å². The molecule has 0 radical (unpaired) electrons. The lowest BCUT2D eigenvalue weighted by molar-refractivity contribution is -0.0434. The first kappa shape index (κ1) is 20.5. The Morgan fingerprint density at radius 1 is 1.29 bits per heavy atom. The molecule has 3 aliphatic rings. The SMILES string of the molecule is CN(C)S(=O)(=O)Oc1ccc2c(c1)CC[C@@H]1[C@@H]2[C@@H](CCl)C[C@]2(C)[C@@H](O)CC[C@@H]12. The smallest absolute Gasteiger partial charge is 0.384 e. The molecule has 0 aliphatic heterocycles. The van der Waals surface area contributed by atoms with Crippen LogP contribution in [-0.4, -0.2) is 43.9 Å². The molecule has 0 heterocycles.